The van der Waals surface area contributed by atoms with Crippen molar-refractivity contribution in [1.82, 2.24) is 0 Å². The van der Waals surface area contributed by atoms with Crippen LogP contribution >= 0.6 is 0 Å². The Balaban J connectivity index is 4.44. The first-order valence-corrected chi connectivity index (χ1v) is 8.13. The Morgan fingerprint density at radius 1 is 1.09 bits per heavy atom. The molecule has 0 aromatic carbocycles. The van der Waals surface area contributed by atoms with Crippen molar-refractivity contribution in [1.29, 1.82) is 0 Å². The Morgan fingerprint density at radius 2 is 1.77 bits per heavy atom. The summed E-state index contributed by atoms with van der Waals surface area (Å²) in [5.41, 5.74) is 3.69. The maximum Gasteiger partial charge on any atom is 0.130 e. The standard InChI is InChI=1S/C20H32O2/c1-16(2)20(14-12-18(4)9-7-15-21)13-11-17(3)8-6-10-19(5)22/h8-9,12,14,20-21H,1,6-7,10-11,13,15H2,2-5H3/b14-12+,17-8+,18-9-. The zero-order valence-electron chi connectivity index (χ0n) is 14.7. The first kappa shape index (κ1) is 20.6. The Bertz CT molecular complexity index is 439. The van der Waals surface area contributed by atoms with E-state index in [1.54, 1.807) is 6.92 Å². The number of rotatable bonds is 11. The van der Waals surface area contributed by atoms with Gasteiger partial charge in [0.1, 0.15) is 5.78 Å². The number of hydrogen-bond donors (Lipinski definition) is 1. The average Bonchev–Trinajstić information content (AvgIpc) is 2.44. The van der Waals surface area contributed by atoms with Crippen molar-refractivity contribution in [2.24, 2.45) is 5.92 Å². The van der Waals surface area contributed by atoms with Crippen LogP contribution in [0.25, 0.3) is 0 Å². The minimum Gasteiger partial charge on any atom is -0.396 e. The molecule has 0 saturated heterocycles. The first-order valence-electron chi connectivity index (χ1n) is 8.13. The summed E-state index contributed by atoms with van der Waals surface area (Å²) in [5.74, 6) is 0.616. The molecule has 1 atom stereocenters. The van der Waals surface area contributed by atoms with Crippen molar-refractivity contribution in [3.63, 3.8) is 0 Å². The minimum absolute atomic E-state index is 0.194. The van der Waals surface area contributed by atoms with Gasteiger partial charge in [-0.1, -0.05) is 47.6 Å². The molecule has 0 rings (SSSR count). The normalized spacial score (nSPS) is 14.4. The third-order valence-electron chi connectivity index (χ3n) is 3.66. The van der Waals surface area contributed by atoms with E-state index in [1.807, 2.05) is 6.08 Å². The van der Waals surface area contributed by atoms with Gasteiger partial charge in [-0.05, 0) is 59.3 Å². The van der Waals surface area contributed by atoms with Crippen LogP contribution < -0.4 is 0 Å². The van der Waals surface area contributed by atoms with Crippen LogP contribution in [0.15, 0.2) is 47.6 Å². The molecule has 0 aliphatic rings. The molecule has 0 bridgehead atoms. The minimum atomic E-state index is 0.194. The van der Waals surface area contributed by atoms with E-state index >= 15 is 0 Å². The molecule has 0 spiro atoms. The molecule has 22 heavy (non-hydrogen) atoms. The summed E-state index contributed by atoms with van der Waals surface area (Å²) >= 11 is 0. The third kappa shape index (κ3) is 11.3. The molecular formula is C20H32O2. The second-order valence-electron chi connectivity index (χ2n) is 6.10. The van der Waals surface area contributed by atoms with Crippen LogP contribution in [0.4, 0.5) is 0 Å². The highest BCUT2D eigenvalue weighted by Gasteiger charge is 2.06. The van der Waals surface area contributed by atoms with Gasteiger partial charge in [0.2, 0.25) is 0 Å². The summed E-state index contributed by atoms with van der Waals surface area (Å²) < 4.78 is 0. The lowest BCUT2D eigenvalue weighted by molar-refractivity contribution is -0.116. The van der Waals surface area contributed by atoms with E-state index in [2.05, 4.69) is 45.6 Å². The Hall–Kier alpha value is -1.41. The summed E-state index contributed by atoms with van der Waals surface area (Å²) in [7, 11) is 0. The molecule has 0 amide bonds. The summed E-state index contributed by atoms with van der Waals surface area (Å²) in [4.78, 5) is 10.9. The Morgan fingerprint density at radius 3 is 2.32 bits per heavy atom. The van der Waals surface area contributed by atoms with E-state index in [9.17, 15) is 4.79 Å². The first-order chi connectivity index (χ1) is 10.4. The highest BCUT2D eigenvalue weighted by molar-refractivity contribution is 5.75. The molecule has 1 unspecified atom stereocenters. The lowest BCUT2D eigenvalue weighted by atomic mass is 9.93. The summed E-state index contributed by atoms with van der Waals surface area (Å²) in [6.45, 7) is 12.2. The van der Waals surface area contributed by atoms with Crippen LogP contribution in [0.5, 0.6) is 0 Å². The number of ketones is 1. The summed E-state index contributed by atoms with van der Waals surface area (Å²) in [6.07, 6.45) is 12.8. The largest absolute Gasteiger partial charge is 0.396 e. The van der Waals surface area contributed by atoms with Gasteiger partial charge in [-0.2, -0.15) is 0 Å². The van der Waals surface area contributed by atoms with Gasteiger partial charge in [0, 0.05) is 13.0 Å². The fourth-order valence-electron chi connectivity index (χ4n) is 2.14. The fraction of sp³-hybridized carbons (Fsp3) is 0.550. The fourth-order valence-corrected chi connectivity index (χ4v) is 2.14. The van der Waals surface area contributed by atoms with Crippen LogP contribution in [-0.4, -0.2) is 17.5 Å². The second-order valence-corrected chi connectivity index (χ2v) is 6.10. The predicted octanol–water partition coefficient (Wildman–Crippen LogP) is 5.16. The molecule has 124 valence electrons. The van der Waals surface area contributed by atoms with Crippen LogP contribution in [0.2, 0.25) is 0 Å². The van der Waals surface area contributed by atoms with E-state index in [1.165, 1.54) is 16.7 Å². The quantitative estimate of drug-likeness (QED) is 0.423. The number of carbonyl (C=O) groups is 1. The van der Waals surface area contributed by atoms with Crippen molar-refractivity contribution in [2.45, 2.75) is 59.8 Å². The van der Waals surface area contributed by atoms with E-state index < -0.39 is 0 Å². The van der Waals surface area contributed by atoms with Crippen molar-refractivity contribution in [2.75, 3.05) is 6.61 Å². The lowest BCUT2D eigenvalue weighted by Gasteiger charge is -2.13. The molecule has 0 saturated carbocycles. The Kier molecular flexibility index (Phi) is 11.4. The van der Waals surface area contributed by atoms with Crippen LogP contribution in [0, 0.1) is 5.92 Å². The van der Waals surface area contributed by atoms with Gasteiger partial charge in [-0.3, -0.25) is 0 Å². The lowest BCUT2D eigenvalue weighted by Crippen LogP contribution is -1.98. The molecule has 2 nitrogen and oxygen atoms in total. The molecule has 0 aromatic rings. The Labute approximate surface area is 136 Å². The molecule has 0 heterocycles. The number of carbonyl (C=O) groups excluding carboxylic acids is 1. The SMILES string of the molecule is C=C(C)C(/C=C/C(C)=C\CCO)CC/C(C)=C/CCC(C)=O. The second kappa shape index (κ2) is 12.2. The van der Waals surface area contributed by atoms with E-state index in [0.717, 1.165) is 19.3 Å². The third-order valence-corrected chi connectivity index (χ3v) is 3.66. The molecule has 0 aliphatic heterocycles. The zero-order valence-corrected chi connectivity index (χ0v) is 14.7. The van der Waals surface area contributed by atoms with Crippen molar-refractivity contribution in [3.05, 3.63) is 47.6 Å². The van der Waals surface area contributed by atoms with Gasteiger partial charge in [0.05, 0.1) is 0 Å². The van der Waals surface area contributed by atoms with Crippen molar-refractivity contribution >= 4 is 5.78 Å². The van der Waals surface area contributed by atoms with Gasteiger partial charge < -0.3 is 9.90 Å². The molecule has 0 aromatic heterocycles. The van der Waals surface area contributed by atoms with Crippen LogP contribution in [-0.2, 0) is 4.79 Å². The maximum atomic E-state index is 10.9. The van der Waals surface area contributed by atoms with Gasteiger partial charge in [-0.15, -0.1) is 0 Å². The number of allylic oxidation sites excluding steroid dienone is 6. The van der Waals surface area contributed by atoms with E-state index in [-0.39, 0.29) is 12.4 Å². The number of aliphatic hydroxyl groups excluding tert-OH is 1. The summed E-state index contributed by atoms with van der Waals surface area (Å²) in [5, 5.41) is 8.82. The topological polar surface area (TPSA) is 37.3 Å². The van der Waals surface area contributed by atoms with Gasteiger partial charge in [-0.25, -0.2) is 0 Å². The highest BCUT2D eigenvalue weighted by Crippen LogP contribution is 2.21. The zero-order chi connectivity index (χ0) is 17.0. The predicted molar refractivity (Wildman–Crippen MR) is 95.8 cm³/mol. The maximum absolute atomic E-state index is 10.9. The van der Waals surface area contributed by atoms with Crippen LogP contribution in [0.3, 0.4) is 0 Å². The number of hydrogen-bond acceptors (Lipinski definition) is 2. The molecular weight excluding hydrogens is 272 g/mol. The van der Waals surface area contributed by atoms with E-state index in [0.29, 0.717) is 18.8 Å². The van der Waals surface area contributed by atoms with Gasteiger partial charge in [0.25, 0.3) is 0 Å². The number of aliphatic hydroxyl groups is 1. The molecule has 2 heteroatoms. The number of Topliss-reactive ketones (excluding diaryl/α,β-unsaturated/α-hetero) is 1. The molecule has 0 aliphatic carbocycles. The van der Waals surface area contributed by atoms with E-state index in [4.69, 9.17) is 5.11 Å². The van der Waals surface area contributed by atoms with Crippen molar-refractivity contribution < 1.29 is 9.90 Å². The van der Waals surface area contributed by atoms with Crippen LogP contribution in [0.1, 0.15) is 59.8 Å². The van der Waals surface area contributed by atoms with Gasteiger partial charge >= 0.3 is 0 Å². The van der Waals surface area contributed by atoms with Gasteiger partial charge in [0.15, 0.2) is 0 Å². The smallest absolute Gasteiger partial charge is 0.130 e. The molecule has 0 radical (unpaired) electrons. The molecule has 1 N–H and O–H groups in total. The monoisotopic (exact) mass is 304 g/mol. The van der Waals surface area contributed by atoms with Crippen molar-refractivity contribution in [3.8, 4) is 0 Å². The summed E-state index contributed by atoms with van der Waals surface area (Å²) in [6, 6.07) is 0. The average molecular weight is 304 g/mol. The molecule has 0 fully saturated rings. The highest BCUT2D eigenvalue weighted by atomic mass is 16.2.